The van der Waals surface area contributed by atoms with E-state index in [0.29, 0.717) is 11.5 Å². The molecular weight excluding hydrogens is 463 g/mol. The molecule has 0 spiro atoms. The largest absolute Gasteiger partial charge is 0.493 e. The van der Waals surface area contributed by atoms with E-state index in [2.05, 4.69) is 5.32 Å². The van der Waals surface area contributed by atoms with Gasteiger partial charge in [0.2, 0.25) is 5.91 Å². The molecule has 0 aromatic heterocycles. The monoisotopic (exact) mass is 488 g/mol. The van der Waals surface area contributed by atoms with Gasteiger partial charge in [-0.3, -0.25) is 9.10 Å². The van der Waals surface area contributed by atoms with E-state index in [1.807, 2.05) is 18.2 Å². The summed E-state index contributed by atoms with van der Waals surface area (Å²) < 4.78 is 57.2. The number of anilines is 1. The van der Waals surface area contributed by atoms with E-state index in [0.717, 1.165) is 16.4 Å². The van der Waals surface area contributed by atoms with Crippen molar-refractivity contribution >= 4 is 21.6 Å². The number of carbonyl (C=O) groups is 1. The van der Waals surface area contributed by atoms with Crippen molar-refractivity contribution in [2.75, 3.05) is 38.2 Å². The minimum absolute atomic E-state index is 0.116. The van der Waals surface area contributed by atoms with Crippen LogP contribution in [0.15, 0.2) is 77.7 Å². The molecule has 0 heterocycles. The molecule has 180 valence electrons. The molecular formula is C24H25FN2O6S. The molecule has 1 amide bonds. The van der Waals surface area contributed by atoms with E-state index in [1.165, 1.54) is 44.6 Å². The highest BCUT2D eigenvalue weighted by Crippen LogP contribution is 2.32. The molecule has 0 saturated carbocycles. The van der Waals surface area contributed by atoms with Crippen LogP contribution in [0, 0.1) is 5.82 Å². The van der Waals surface area contributed by atoms with Crippen LogP contribution in [0.5, 0.6) is 17.2 Å². The van der Waals surface area contributed by atoms with Gasteiger partial charge in [-0.05, 0) is 48.5 Å². The van der Waals surface area contributed by atoms with Crippen LogP contribution in [0.25, 0.3) is 0 Å². The minimum atomic E-state index is -4.21. The Kier molecular flexibility index (Phi) is 8.31. The smallest absolute Gasteiger partial charge is 0.264 e. The van der Waals surface area contributed by atoms with Crippen LogP contribution >= 0.6 is 0 Å². The van der Waals surface area contributed by atoms with Crippen LogP contribution in [0.4, 0.5) is 10.1 Å². The van der Waals surface area contributed by atoms with Crippen molar-refractivity contribution in [2.24, 2.45) is 0 Å². The van der Waals surface area contributed by atoms with Crippen molar-refractivity contribution in [3.63, 3.8) is 0 Å². The van der Waals surface area contributed by atoms with Gasteiger partial charge in [-0.25, -0.2) is 12.8 Å². The van der Waals surface area contributed by atoms with Gasteiger partial charge < -0.3 is 19.5 Å². The average molecular weight is 489 g/mol. The molecule has 0 aliphatic carbocycles. The first-order chi connectivity index (χ1) is 16.3. The fourth-order valence-corrected chi connectivity index (χ4v) is 4.53. The van der Waals surface area contributed by atoms with E-state index < -0.39 is 28.3 Å². The molecule has 3 aromatic rings. The number of amides is 1. The lowest BCUT2D eigenvalue weighted by Gasteiger charge is -2.24. The first-order valence-corrected chi connectivity index (χ1v) is 11.7. The van der Waals surface area contributed by atoms with Crippen molar-refractivity contribution in [3.05, 3.63) is 78.6 Å². The van der Waals surface area contributed by atoms with Crippen LogP contribution in [0.3, 0.4) is 0 Å². The molecule has 0 bridgehead atoms. The second-order valence-corrected chi connectivity index (χ2v) is 8.88. The zero-order valence-corrected chi connectivity index (χ0v) is 19.5. The molecule has 0 aliphatic rings. The molecule has 0 fully saturated rings. The maximum absolute atomic E-state index is 13.5. The summed E-state index contributed by atoms with van der Waals surface area (Å²) in [6.45, 7) is -0.149. The fraction of sp³-hybridized carbons (Fsp3) is 0.208. The molecule has 0 unspecified atom stereocenters. The normalized spacial score (nSPS) is 10.9. The lowest BCUT2D eigenvalue weighted by Crippen LogP contribution is -2.42. The van der Waals surface area contributed by atoms with E-state index >= 15 is 0 Å². The molecule has 8 nitrogen and oxygen atoms in total. The van der Waals surface area contributed by atoms with Crippen LogP contribution in [0.2, 0.25) is 0 Å². The molecule has 0 aliphatic heterocycles. The van der Waals surface area contributed by atoms with Gasteiger partial charge in [0, 0.05) is 6.07 Å². The van der Waals surface area contributed by atoms with E-state index in [1.54, 1.807) is 12.1 Å². The highest BCUT2D eigenvalue weighted by atomic mass is 32.2. The van der Waals surface area contributed by atoms with Gasteiger partial charge in [0.25, 0.3) is 10.0 Å². The van der Waals surface area contributed by atoms with Gasteiger partial charge in [0.1, 0.15) is 24.7 Å². The highest BCUT2D eigenvalue weighted by Gasteiger charge is 2.28. The summed E-state index contributed by atoms with van der Waals surface area (Å²) >= 11 is 0. The Hall–Kier alpha value is -3.79. The quantitative estimate of drug-likeness (QED) is 0.417. The zero-order valence-electron chi connectivity index (χ0n) is 18.7. The van der Waals surface area contributed by atoms with Crippen LogP contribution in [0.1, 0.15) is 0 Å². The number of hydrogen-bond donors (Lipinski definition) is 1. The van der Waals surface area contributed by atoms with Gasteiger partial charge in [-0.1, -0.05) is 18.2 Å². The van der Waals surface area contributed by atoms with Crippen molar-refractivity contribution in [1.29, 1.82) is 0 Å². The van der Waals surface area contributed by atoms with Gasteiger partial charge in [-0.2, -0.15) is 0 Å². The number of halogens is 1. The summed E-state index contributed by atoms with van der Waals surface area (Å²) in [6.07, 6.45) is 0. The molecule has 0 saturated heterocycles. The number of nitrogens with zero attached hydrogens (tertiary/aromatic N) is 1. The fourth-order valence-electron chi connectivity index (χ4n) is 3.09. The molecule has 34 heavy (non-hydrogen) atoms. The van der Waals surface area contributed by atoms with E-state index in [4.69, 9.17) is 14.2 Å². The Morgan fingerprint density at radius 1 is 0.941 bits per heavy atom. The lowest BCUT2D eigenvalue weighted by atomic mass is 10.3. The summed E-state index contributed by atoms with van der Waals surface area (Å²) in [5.74, 6) is 0.136. The third kappa shape index (κ3) is 6.16. The number of nitrogens with one attached hydrogen (secondary N) is 1. The average Bonchev–Trinajstić information content (AvgIpc) is 2.86. The Labute approximate surface area is 197 Å². The molecule has 0 atom stereocenters. The van der Waals surface area contributed by atoms with Gasteiger partial charge in [-0.15, -0.1) is 0 Å². The number of sulfonamides is 1. The van der Waals surface area contributed by atoms with Crippen LogP contribution in [-0.2, 0) is 14.8 Å². The predicted molar refractivity (Wildman–Crippen MR) is 125 cm³/mol. The number of carbonyl (C=O) groups excluding carboxylic acids is 1. The summed E-state index contributed by atoms with van der Waals surface area (Å²) in [7, 11) is -1.39. The summed E-state index contributed by atoms with van der Waals surface area (Å²) in [5.41, 5.74) is 0.131. The standard InChI is InChI=1S/C24H25FN2O6S/c1-31-22-13-12-21(16-23(22)32-2)34(29,30)27(19-10-8-18(25)9-11-19)17-24(28)26-14-15-33-20-6-4-3-5-7-20/h3-13,16H,14-15,17H2,1-2H3,(H,26,28). The van der Waals surface area contributed by atoms with Gasteiger partial charge >= 0.3 is 0 Å². The maximum atomic E-state index is 13.5. The number of methoxy groups -OCH3 is 2. The van der Waals surface area contributed by atoms with Crippen molar-refractivity contribution in [3.8, 4) is 17.2 Å². The van der Waals surface area contributed by atoms with Crippen molar-refractivity contribution in [2.45, 2.75) is 4.90 Å². The predicted octanol–water partition coefficient (Wildman–Crippen LogP) is 3.23. The van der Waals surface area contributed by atoms with E-state index in [9.17, 15) is 17.6 Å². The Bertz CT molecular complexity index is 1200. The topological polar surface area (TPSA) is 94.2 Å². The molecule has 1 N–H and O–H groups in total. The second kappa shape index (κ2) is 11.4. The maximum Gasteiger partial charge on any atom is 0.264 e. The third-order valence-electron chi connectivity index (χ3n) is 4.78. The molecule has 10 heteroatoms. The molecule has 3 rings (SSSR count). The number of hydrogen-bond acceptors (Lipinski definition) is 6. The summed E-state index contributed by atoms with van der Waals surface area (Å²) in [4.78, 5) is 12.5. The minimum Gasteiger partial charge on any atom is -0.493 e. The third-order valence-corrected chi connectivity index (χ3v) is 6.55. The number of benzene rings is 3. The first kappa shape index (κ1) is 24.8. The SMILES string of the molecule is COc1ccc(S(=O)(=O)N(CC(=O)NCCOc2ccccc2)c2ccc(F)cc2)cc1OC. The Morgan fingerprint density at radius 2 is 1.62 bits per heavy atom. The number of rotatable bonds is 11. The zero-order chi connectivity index (χ0) is 24.6. The first-order valence-electron chi connectivity index (χ1n) is 10.3. The van der Waals surface area contributed by atoms with Crippen molar-refractivity contribution in [1.82, 2.24) is 5.32 Å². The van der Waals surface area contributed by atoms with Crippen molar-refractivity contribution < 1.29 is 31.8 Å². The molecule has 0 radical (unpaired) electrons. The second-order valence-electron chi connectivity index (χ2n) is 7.02. The van der Waals surface area contributed by atoms with Crippen LogP contribution < -0.4 is 23.8 Å². The number of ether oxygens (including phenoxy) is 3. The number of para-hydroxylation sites is 1. The highest BCUT2D eigenvalue weighted by molar-refractivity contribution is 7.92. The summed E-state index contributed by atoms with van der Waals surface area (Å²) in [6, 6.07) is 18.0. The Morgan fingerprint density at radius 3 is 2.26 bits per heavy atom. The summed E-state index contributed by atoms with van der Waals surface area (Å²) in [5, 5.41) is 2.64. The van der Waals surface area contributed by atoms with Gasteiger partial charge in [0.05, 0.1) is 31.3 Å². The van der Waals surface area contributed by atoms with E-state index in [-0.39, 0.29) is 29.5 Å². The molecule has 3 aromatic carbocycles. The lowest BCUT2D eigenvalue weighted by molar-refractivity contribution is -0.119. The van der Waals surface area contributed by atoms with Crippen LogP contribution in [-0.4, -0.2) is 48.2 Å². The van der Waals surface area contributed by atoms with Gasteiger partial charge in [0.15, 0.2) is 11.5 Å². The Balaban J connectivity index is 1.78.